The van der Waals surface area contributed by atoms with Gasteiger partial charge in [-0.2, -0.15) is 0 Å². The van der Waals surface area contributed by atoms with Crippen LogP contribution >= 0.6 is 22.9 Å². The van der Waals surface area contributed by atoms with Crippen molar-refractivity contribution in [2.45, 2.75) is 38.1 Å². The van der Waals surface area contributed by atoms with Gasteiger partial charge in [0, 0.05) is 23.7 Å². The molecule has 0 radical (unpaired) electrons. The van der Waals surface area contributed by atoms with Crippen LogP contribution in [0.2, 0.25) is 5.02 Å². The van der Waals surface area contributed by atoms with Crippen molar-refractivity contribution in [2.24, 2.45) is 0 Å². The summed E-state index contributed by atoms with van der Waals surface area (Å²) in [4.78, 5) is 4.14. The molecular weight excluding hydrogens is 394 g/mol. The molecule has 1 unspecified atom stereocenters. The lowest BCUT2D eigenvalue weighted by atomic mass is 9.96. The van der Waals surface area contributed by atoms with Crippen LogP contribution in [0.1, 0.15) is 42.1 Å². The summed E-state index contributed by atoms with van der Waals surface area (Å²) in [7, 11) is 1.70. The minimum atomic E-state index is -0.122. The molecular formula is C22H22ClNO3S. The molecule has 0 bridgehead atoms. The Hall–Kier alpha value is -1.92. The third kappa shape index (κ3) is 4.73. The maximum atomic E-state index is 6.47. The highest BCUT2D eigenvalue weighted by Crippen LogP contribution is 2.34. The van der Waals surface area contributed by atoms with Crippen molar-refractivity contribution in [3.63, 3.8) is 0 Å². The van der Waals surface area contributed by atoms with Gasteiger partial charge >= 0.3 is 0 Å². The quantitative estimate of drug-likeness (QED) is 0.467. The van der Waals surface area contributed by atoms with Gasteiger partial charge in [-0.25, -0.2) is 4.98 Å². The predicted octanol–water partition coefficient (Wildman–Crippen LogP) is 6.39. The molecule has 1 aromatic heterocycles. The van der Waals surface area contributed by atoms with E-state index in [0.29, 0.717) is 5.19 Å². The van der Waals surface area contributed by atoms with E-state index in [1.54, 1.807) is 13.3 Å². The van der Waals surface area contributed by atoms with Gasteiger partial charge in [0.05, 0.1) is 6.10 Å². The third-order valence-corrected chi connectivity index (χ3v) is 5.88. The van der Waals surface area contributed by atoms with Gasteiger partial charge in [0.2, 0.25) is 0 Å². The molecule has 0 aliphatic carbocycles. The van der Waals surface area contributed by atoms with E-state index in [2.05, 4.69) is 29.2 Å². The van der Waals surface area contributed by atoms with Gasteiger partial charge in [-0.15, -0.1) is 0 Å². The number of halogens is 1. The highest BCUT2D eigenvalue weighted by atomic mass is 35.5. The van der Waals surface area contributed by atoms with Gasteiger partial charge in [0.1, 0.15) is 5.75 Å². The van der Waals surface area contributed by atoms with Crippen LogP contribution in [-0.4, -0.2) is 18.4 Å². The van der Waals surface area contributed by atoms with Gasteiger partial charge in [0.25, 0.3) is 5.19 Å². The molecule has 2 atom stereocenters. The van der Waals surface area contributed by atoms with Crippen LogP contribution < -0.4 is 4.74 Å². The van der Waals surface area contributed by atoms with Crippen LogP contribution in [0, 0.1) is 0 Å². The van der Waals surface area contributed by atoms with E-state index in [9.17, 15) is 0 Å². The maximum Gasteiger partial charge on any atom is 0.278 e. The highest BCUT2D eigenvalue weighted by Gasteiger charge is 2.23. The zero-order valence-corrected chi connectivity index (χ0v) is 17.2. The van der Waals surface area contributed by atoms with Crippen LogP contribution in [0.25, 0.3) is 0 Å². The summed E-state index contributed by atoms with van der Waals surface area (Å²) in [6.45, 7) is 0. The first kappa shape index (κ1) is 19.4. The highest BCUT2D eigenvalue weighted by molar-refractivity contribution is 7.11. The van der Waals surface area contributed by atoms with E-state index >= 15 is 0 Å². The average molecular weight is 416 g/mol. The Kier molecular flexibility index (Phi) is 6.27. The Bertz CT molecular complexity index is 899. The largest absolute Gasteiger partial charge is 0.431 e. The topological polar surface area (TPSA) is 40.6 Å². The molecule has 1 saturated heterocycles. The summed E-state index contributed by atoms with van der Waals surface area (Å²) in [5.41, 5.74) is 3.42. The Labute approximate surface area is 174 Å². The molecule has 3 aromatic rings. The van der Waals surface area contributed by atoms with Crippen molar-refractivity contribution in [1.82, 2.24) is 4.98 Å². The number of nitrogens with zero attached hydrogens (tertiary/aromatic N) is 1. The lowest BCUT2D eigenvalue weighted by molar-refractivity contribution is -0.182. The number of hydrogen-bond acceptors (Lipinski definition) is 5. The van der Waals surface area contributed by atoms with E-state index in [1.807, 2.05) is 23.6 Å². The summed E-state index contributed by atoms with van der Waals surface area (Å²) in [6, 6.07) is 14.2. The van der Waals surface area contributed by atoms with Crippen LogP contribution in [0.4, 0.5) is 0 Å². The number of methoxy groups -OCH3 is 1. The summed E-state index contributed by atoms with van der Waals surface area (Å²) in [5.74, 6) is 0.778. The normalized spacial score (nSPS) is 19.5. The number of thiazole rings is 1. The van der Waals surface area contributed by atoms with Crippen LogP contribution in [-0.2, 0) is 15.9 Å². The summed E-state index contributed by atoms with van der Waals surface area (Å²) in [6.07, 6.45) is 5.47. The fourth-order valence-corrected chi connectivity index (χ4v) is 4.08. The van der Waals surface area contributed by atoms with E-state index in [0.717, 1.165) is 47.6 Å². The van der Waals surface area contributed by atoms with Gasteiger partial charge in [-0.1, -0.05) is 47.2 Å². The molecule has 1 aliphatic rings. The Morgan fingerprint density at radius 3 is 2.79 bits per heavy atom. The second-order valence-electron chi connectivity index (χ2n) is 6.79. The molecule has 1 fully saturated rings. The van der Waals surface area contributed by atoms with Crippen LogP contribution in [0.5, 0.6) is 10.9 Å². The first-order valence-electron chi connectivity index (χ1n) is 9.34. The third-order valence-electron chi connectivity index (χ3n) is 4.86. The lowest BCUT2D eigenvalue weighted by Gasteiger charge is -2.29. The number of ether oxygens (including phenoxy) is 3. The SMILES string of the molecule is COC1CCC[C@@H](c2ccc(Cl)c(Cc3ccc(Oc4nccs4)cc3)c2)O1. The molecule has 6 heteroatoms. The zero-order valence-electron chi connectivity index (χ0n) is 15.6. The van der Waals surface area contributed by atoms with Crippen LogP contribution in [0.15, 0.2) is 54.0 Å². The van der Waals surface area contributed by atoms with Crippen molar-refractivity contribution in [3.8, 4) is 10.9 Å². The molecule has 4 rings (SSSR count). The van der Waals surface area contributed by atoms with Crippen molar-refractivity contribution >= 4 is 22.9 Å². The standard InChI is InChI=1S/C22H22ClNO3S/c1-25-21-4-2-3-20(27-21)16-7-10-19(23)17(14-16)13-15-5-8-18(9-6-15)26-22-24-11-12-28-22/h5-12,14,20-21H,2-4,13H2,1H3/t20-,21?/m0/s1. The van der Waals surface area contributed by atoms with Crippen molar-refractivity contribution in [3.05, 3.63) is 75.8 Å². The predicted molar refractivity (Wildman–Crippen MR) is 111 cm³/mol. The minimum absolute atomic E-state index is 0.0591. The monoisotopic (exact) mass is 415 g/mol. The zero-order chi connectivity index (χ0) is 19.3. The second-order valence-corrected chi connectivity index (χ2v) is 8.06. The van der Waals surface area contributed by atoms with E-state index < -0.39 is 0 Å². The van der Waals surface area contributed by atoms with E-state index in [1.165, 1.54) is 16.9 Å². The molecule has 4 nitrogen and oxygen atoms in total. The molecule has 0 saturated carbocycles. The smallest absolute Gasteiger partial charge is 0.278 e. The summed E-state index contributed by atoms with van der Waals surface area (Å²) < 4.78 is 17.1. The van der Waals surface area contributed by atoms with E-state index in [4.69, 9.17) is 25.8 Å². The van der Waals surface area contributed by atoms with Crippen molar-refractivity contribution in [2.75, 3.05) is 7.11 Å². The van der Waals surface area contributed by atoms with Gasteiger partial charge < -0.3 is 14.2 Å². The first-order valence-corrected chi connectivity index (χ1v) is 10.6. The summed E-state index contributed by atoms with van der Waals surface area (Å²) >= 11 is 7.94. The maximum absolute atomic E-state index is 6.47. The Balaban J connectivity index is 1.46. The van der Waals surface area contributed by atoms with Gasteiger partial charge in [-0.3, -0.25) is 0 Å². The lowest BCUT2D eigenvalue weighted by Crippen LogP contribution is -2.23. The van der Waals surface area contributed by atoms with Gasteiger partial charge in [0.15, 0.2) is 6.29 Å². The fraction of sp³-hybridized carbons (Fsp3) is 0.318. The first-order chi connectivity index (χ1) is 13.7. The molecule has 0 amide bonds. The second kappa shape index (κ2) is 9.05. The number of rotatable bonds is 6. The Morgan fingerprint density at radius 2 is 2.04 bits per heavy atom. The average Bonchev–Trinajstić information content (AvgIpc) is 3.24. The molecule has 0 N–H and O–H groups in total. The van der Waals surface area contributed by atoms with Crippen molar-refractivity contribution in [1.29, 1.82) is 0 Å². The Morgan fingerprint density at radius 1 is 1.18 bits per heavy atom. The van der Waals surface area contributed by atoms with Gasteiger partial charge in [-0.05, 0) is 60.6 Å². The molecule has 2 heterocycles. The number of benzene rings is 2. The molecule has 1 aliphatic heterocycles. The number of hydrogen-bond donors (Lipinski definition) is 0. The molecule has 0 spiro atoms. The van der Waals surface area contributed by atoms with Crippen molar-refractivity contribution < 1.29 is 14.2 Å². The van der Waals surface area contributed by atoms with E-state index in [-0.39, 0.29) is 12.4 Å². The fourth-order valence-electron chi connectivity index (χ4n) is 3.40. The molecule has 2 aromatic carbocycles. The molecule has 28 heavy (non-hydrogen) atoms. The van der Waals surface area contributed by atoms with Crippen LogP contribution in [0.3, 0.4) is 0 Å². The minimum Gasteiger partial charge on any atom is -0.431 e. The summed E-state index contributed by atoms with van der Waals surface area (Å²) in [5, 5.41) is 3.31. The molecule has 146 valence electrons. The number of aromatic nitrogens is 1.